The maximum Gasteiger partial charge on any atom is 0.118 e. The van der Waals surface area contributed by atoms with Gasteiger partial charge >= 0.3 is 0 Å². The molecule has 0 spiro atoms. The second-order valence-electron chi connectivity index (χ2n) is 4.91. The highest BCUT2D eigenvalue weighted by Gasteiger charge is 2.00. The Balaban J connectivity index is 0.000000360. The third-order valence-corrected chi connectivity index (χ3v) is 2.86. The molecule has 1 heteroatoms. The Morgan fingerprint density at radius 3 is 2.39 bits per heavy atom. The maximum absolute atomic E-state index is 9.35. The highest BCUT2D eigenvalue weighted by Crippen LogP contribution is 2.22. The van der Waals surface area contributed by atoms with E-state index in [0.29, 0.717) is 11.7 Å². The second-order valence-corrected chi connectivity index (χ2v) is 4.91. The Labute approximate surface area is 113 Å². The van der Waals surface area contributed by atoms with E-state index < -0.39 is 0 Å². The lowest BCUT2D eigenvalue weighted by atomic mass is 10.0. The molecule has 0 bridgehead atoms. The van der Waals surface area contributed by atoms with E-state index in [1.807, 2.05) is 19.1 Å². The Bertz CT molecular complexity index is 351. The average Bonchev–Trinajstić information content (AvgIpc) is 2.34. The van der Waals surface area contributed by atoms with Gasteiger partial charge in [0.25, 0.3) is 0 Å². The number of allylic oxidation sites excluding steroid dienone is 2. The summed E-state index contributed by atoms with van der Waals surface area (Å²) in [5.41, 5.74) is 2.13. The largest absolute Gasteiger partial charge is 0.508 e. The molecule has 0 aromatic heterocycles. The zero-order valence-electron chi connectivity index (χ0n) is 12.5. The molecule has 1 rings (SSSR count). The molecular formula is C17H28O. The van der Waals surface area contributed by atoms with Crippen molar-refractivity contribution < 1.29 is 5.11 Å². The summed E-state index contributed by atoms with van der Waals surface area (Å²) in [6.45, 7) is 10.4. The standard InChI is InChI=1S/C10H14O.C7H14/c1-7(2)9-5-4-8(3)10(11)6-9;1-3-5-7-6-4-2/h4-7,11H,1-3H3;3,5H,4,6-7H2,1-2H3/b;5-3+. The molecule has 0 aliphatic carbocycles. The molecule has 1 aromatic carbocycles. The van der Waals surface area contributed by atoms with Crippen LogP contribution in [0.1, 0.15) is 64.0 Å². The van der Waals surface area contributed by atoms with E-state index in [-0.39, 0.29) is 0 Å². The summed E-state index contributed by atoms with van der Waals surface area (Å²) >= 11 is 0. The molecule has 0 heterocycles. The predicted molar refractivity (Wildman–Crippen MR) is 81.3 cm³/mol. The predicted octanol–water partition coefficient (Wildman–Crippen LogP) is 5.58. The van der Waals surface area contributed by atoms with E-state index in [9.17, 15) is 5.11 Å². The number of aromatic hydroxyl groups is 1. The van der Waals surface area contributed by atoms with Crippen LogP contribution in [0.4, 0.5) is 0 Å². The Morgan fingerprint density at radius 1 is 1.28 bits per heavy atom. The van der Waals surface area contributed by atoms with Crippen LogP contribution in [0.2, 0.25) is 0 Å². The van der Waals surface area contributed by atoms with Gasteiger partial charge in [0.05, 0.1) is 0 Å². The van der Waals surface area contributed by atoms with Gasteiger partial charge in [-0.1, -0.05) is 57.9 Å². The number of benzene rings is 1. The van der Waals surface area contributed by atoms with Crippen LogP contribution in [0.15, 0.2) is 30.4 Å². The molecule has 0 amide bonds. The van der Waals surface area contributed by atoms with E-state index in [1.54, 1.807) is 0 Å². The normalized spacial score (nSPS) is 10.6. The molecule has 0 aliphatic heterocycles. The molecule has 0 radical (unpaired) electrons. The van der Waals surface area contributed by atoms with Crippen LogP contribution in [0.5, 0.6) is 5.75 Å². The van der Waals surface area contributed by atoms with Crippen LogP contribution < -0.4 is 0 Å². The zero-order valence-corrected chi connectivity index (χ0v) is 12.5. The van der Waals surface area contributed by atoms with Crippen molar-refractivity contribution in [1.82, 2.24) is 0 Å². The van der Waals surface area contributed by atoms with Gasteiger partial charge in [-0.15, -0.1) is 0 Å². The average molecular weight is 248 g/mol. The molecule has 18 heavy (non-hydrogen) atoms. The van der Waals surface area contributed by atoms with Gasteiger partial charge in [0.2, 0.25) is 0 Å². The van der Waals surface area contributed by atoms with Gasteiger partial charge in [0, 0.05) is 0 Å². The summed E-state index contributed by atoms with van der Waals surface area (Å²) in [5.74, 6) is 0.887. The van der Waals surface area contributed by atoms with E-state index in [0.717, 1.165) is 5.56 Å². The Kier molecular flexibility index (Phi) is 9.08. The van der Waals surface area contributed by atoms with Crippen molar-refractivity contribution in [3.8, 4) is 5.75 Å². The number of unbranched alkanes of at least 4 members (excludes halogenated alkanes) is 2. The fourth-order valence-corrected chi connectivity index (χ4v) is 1.47. The minimum absolute atomic E-state index is 0.399. The molecule has 0 fully saturated rings. The fourth-order valence-electron chi connectivity index (χ4n) is 1.47. The third-order valence-electron chi connectivity index (χ3n) is 2.86. The summed E-state index contributed by atoms with van der Waals surface area (Å²) in [7, 11) is 0. The number of rotatable bonds is 4. The first-order valence-electron chi connectivity index (χ1n) is 6.93. The van der Waals surface area contributed by atoms with Gasteiger partial charge in [0.1, 0.15) is 5.75 Å². The van der Waals surface area contributed by atoms with Crippen molar-refractivity contribution in [2.75, 3.05) is 0 Å². The highest BCUT2D eigenvalue weighted by molar-refractivity contribution is 5.36. The summed E-state index contributed by atoms with van der Waals surface area (Å²) < 4.78 is 0. The maximum atomic E-state index is 9.35. The van der Waals surface area contributed by atoms with Crippen LogP contribution in [0.25, 0.3) is 0 Å². The van der Waals surface area contributed by atoms with Gasteiger partial charge in [-0.05, 0) is 43.4 Å². The van der Waals surface area contributed by atoms with Crippen LogP contribution in [0, 0.1) is 6.92 Å². The van der Waals surface area contributed by atoms with Crippen molar-refractivity contribution in [2.24, 2.45) is 0 Å². The second kappa shape index (κ2) is 9.76. The van der Waals surface area contributed by atoms with Crippen molar-refractivity contribution in [3.05, 3.63) is 41.5 Å². The van der Waals surface area contributed by atoms with Gasteiger partial charge in [-0.3, -0.25) is 0 Å². The first-order chi connectivity index (χ1) is 8.52. The van der Waals surface area contributed by atoms with E-state index in [2.05, 4.69) is 45.9 Å². The smallest absolute Gasteiger partial charge is 0.118 e. The van der Waals surface area contributed by atoms with Crippen molar-refractivity contribution in [2.45, 2.75) is 59.8 Å². The lowest BCUT2D eigenvalue weighted by Gasteiger charge is -2.06. The van der Waals surface area contributed by atoms with Crippen LogP contribution in [-0.4, -0.2) is 5.11 Å². The SMILES string of the molecule is C/C=C/CCCC.Cc1ccc(C(C)C)cc1O. The number of hydrogen-bond donors (Lipinski definition) is 1. The lowest BCUT2D eigenvalue weighted by Crippen LogP contribution is -1.86. The summed E-state index contributed by atoms with van der Waals surface area (Å²) in [4.78, 5) is 0. The van der Waals surface area contributed by atoms with Gasteiger partial charge in [-0.25, -0.2) is 0 Å². The minimum Gasteiger partial charge on any atom is -0.508 e. The molecule has 1 N–H and O–H groups in total. The van der Waals surface area contributed by atoms with Crippen LogP contribution in [-0.2, 0) is 0 Å². The van der Waals surface area contributed by atoms with Gasteiger partial charge < -0.3 is 5.11 Å². The minimum atomic E-state index is 0.399. The molecule has 1 nitrogen and oxygen atoms in total. The number of phenolic OH excluding ortho intramolecular Hbond substituents is 1. The van der Waals surface area contributed by atoms with E-state index in [1.165, 1.54) is 24.8 Å². The first kappa shape index (κ1) is 16.8. The molecule has 0 saturated carbocycles. The van der Waals surface area contributed by atoms with Gasteiger partial charge in [-0.2, -0.15) is 0 Å². The summed E-state index contributed by atoms with van der Waals surface area (Å²) in [6.07, 6.45) is 8.22. The van der Waals surface area contributed by atoms with Crippen molar-refractivity contribution in [3.63, 3.8) is 0 Å². The fraction of sp³-hybridized carbons (Fsp3) is 0.529. The quantitative estimate of drug-likeness (QED) is 0.545. The molecule has 102 valence electrons. The number of aryl methyl sites for hydroxylation is 1. The topological polar surface area (TPSA) is 20.2 Å². The number of hydrogen-bond acceptors (Lipinski definition) is 1. The molecule has 0 aliphatic rings. The Hall–Kier alpha value is -1.24. The molecule has 0 unspecified atom stereocenters. The van der Waals surface area contributed by atoms with Crippen LogP contribution in [0.3, 0.4) is 0 Å². The lowest BCUT2D eigenvalue weighted by molar-refractivity contribution is 0.470. The van der Waals surface area contributed by atoms with Crippen molar-refractivity contribution >= 4 is 0 Å². The van der Waals surface area contributed by atoms with Crippen LogP contribution >= 0.6 is 0 Å². The van der Waals surface area contributed by atoms with Crippen molar-refractivity contribution in [1.29, 1.82) is 0 Å². The molecule has 0 saturated heterocycles. The highest BCUT2D eigenvalue weighted by atomic mass is 16.3. The first-order valence-corrected chi connectivity index (χ1v) is 6.93. The Morgan fingerprint density at radius 2 is 1.94 bits per heavy atom. The van der Waals surface area contributed by atoms with Gasteiger partial charge in [0.15, 0.2) is 0 Å². The van der Waals surface area contributed by atoms with E-state index >= 15 is 0 Å². The molecule has 1 aromatic rings. The monoisotopic (exact) mass is 248 g/mol. The molecule has 0 atom stereocenters. The number of phenols is 1. The zero-order chi connectivity index (χ0) is 14.0. The summed E-state index contributed by atoms with van der Waals surface area (Å²) in [5, 5.41) is 9.35. The third kappa shape index (κ3) is 7.16. The molecular weight excluding hydrogens is 220 g/mol. The summed E-state index contributed by atoms with van der Waals surface area (Å²) in [6, 6.07) is 5.84. The van der Waals surface area contributed by atoms with E-state index in [4.69, 9.17) is 0 Å².